The molecule has 0 aliphatic rings. The van der Waals surface area contributed by atoms with Gasteiger partial charge in [0.15, 0.2) is 5.76 Å². The van der Waals surface area contributed by atoms with Gasteiger partial charge in [-0.05, 0) is 24.1 Å². The molecule has 0 aliphatic carbocycles. The van der Waals surface area contributed by atoms with E-state index in [1.807, 2.05) is 30.3 Å². The molecule has 0 atom stereocenters. The van der Waals surface area contributed by atoms with Crippen LogP contribution < -0.4 is 10.6 Å². The molecule has 0 radical (unpaired) electrons. The molecule has 2 aromatic rings. The Bertz CT molecular complexity index is 550. The van der Waals surface area contributed by atoms with Gasteiger partial charge in [0.05, 0.1) is 12.8 Å². The maximum Gasteiger partial charge on any atom is 0.287 e. The van der Waals surface area contributed by atoms with Crippen molar-refractivity contribution in [2.75, 3.05) is 13.1 Å². The van der Waals surface area contributed by atoms with Crippen LogP contribution >= 0.6 is 0 Å². The molecule has 20 heavy (non-hydrogen) atoms. The number of nitrogens with one attached hydrogen (secondary N) is 2. The van der Waals surface area contributed by atoms with E-state index in [1.165, 1.54) is 6.26 Å². The Labute approximate surface area is 117 Å². The van der Waals surface area contributed by atoms with E-state index >= 15 is 0 Å². The summed E-state index contributed by atoms with van der Waals surface area (Å²) in [5.74, 6) is -0.420. The first-order valence-corrected chi connectivity index (χ1v) is 6.38. The summed E-state index contributed by atoms with van der Waals surface area (Å²) in [5.41, 5.74) is 1.16. The lowest BCUT2D eigenvalue weighted by Crippen LogP contribution is -2.37. The van der Waals surface area contributed by atoms with Crippen LogP contribution in [-0.2, 0) is 11.2 Å². The lowest BCUT2D eigenvalue weighted by molar-refractivity contribution is -0.120. The fourth-order valence-corrected chi connectivity index (χ4v) is 1.71. The van der Waals surface area contributed by atoms with E-state index in [2.05, 4.69) is 10.6 Å². The van der Waals surface area contributed by atoms with Crippen molar-refractivity contribution in [3.63, 3.8) is 0 Å². The first-order valence-electron chi connectivity index (χ1n) is 6.38. The van der Waals surface area contributed by atoms with Crippen molar-refractivity contribution in [3.05, 3.63) is 60.1 Å². The van der Waals surface area contributed by atoms with Crippen LogP contribution in [0.3, 0.4) is 0 Å². The molecule has 0 aliphatic heterocycles. The highest BCUT2D eigenvalue weighted by Crippen LogP contribution is 1.99. The number of hydrogen-bond donors (Lipinski definition) is 2. The van der Waals surface area contributed by atoms with Gasteiger partial charge in [-0.25, -0.2) is 0 Å². The molecule has 1 aromatic carbocycles. The molecule has 2 amide bonds. The highest BCUT2D eigenvalue weighted by Gasteiger charge is 2.09. The van der Waals surface area contributed by atoms with Gasteiger partial charge < -0.3 is 15.1 Å². The summed E-state index contributed by atoms with van der Waals surface area (Å²) in [5, 5.41) is 5.24. The van der Waals surface area contributed by atoms with E-state index in [9.17, 15) is 9.59 Å². The minimum Gasteiger partial charge on any atom is -0.459 e. The molecule has 0 spiro atoms. The summed E-state index contributed by atoms with van der Waals surface area (Å²) in [6, 6.07) is 13.0. The van der Waals surface area contributed by atoms with Crippen LogP contribution in [0.4, 0.5) is 0 Å². The minimum atomic E-state index is -0.395. The Morgan fingerprint density at radius 3 is 2.50 bits per heavy atom. The number of carbonyl (C=O) groups excluding carboxylic acids is 2. The van der Waals surface area contributed by atoms with Crippen molar-refractivity contribution in [1.82, 2.24) is 10.6 Å². The zero-order valence-corrected chi connectivity index (χ0v) is 11.0. The van der Waals surface area contributed by atoms with Crippen molar-refractivity contribution >= 4 is 11.8 Å². The van der Waals surface area contributed by atoms with Gasteiger partial charge >= 0.3 is 0 Å². The van der Waals surface area contributed by atoms with Gasteiger partial charge in [-0.1, -0.05) is 30.3 Å². The fourth-order valence-electron chi connectivity index (χ4n) is 1.71. The van der Waals surface area contributed by atoms with Crippen LogP contribution in [0.5, 0.6) is 0 Å². The zero-order valence-electron chi connectivity index (χ0n) is 11.0. The van der Waals surface area contributed by atoms with Crippen molar-refractivity contribution in [2.45, 2.75) is 6.42 Å². The average molecular weight is 272 g/mol. The quantitative estimate of drug-likeness (QED) is 0.834. The lowest BCUT2D eigenvalue weighted by atomic mass is 10.1. The largest absolute Gasteiger partial charge is 0.459 e. The predicted octanol–water partition coefficient (Wildman–Crippen LogP) is 1.37. The molecule has 2 N–H and O–H groups in total. The van der Waals surface area contributed by atoms with Crippen LogP contribution in [0.15, 0.2) is 53.1 Å². The highest BCUT2D eigenvalue weighted by molar-refractivity contribution is 5.94. The molecular weight excluding hydrogens is 256 g/mol. The molecular formula is C15H16N2O3. The summed E-state index contributed by atoms with van der Waals surface area (Å²) in [6.07, 6.45) is 2.17. The first-order chi connectivity index (χ1) is 9.75. The van der Waals surface area contributed by atoms with Gasteiger partial charge in [-0.15, -0.1) is 0 Å². The average Bonchev–Trinajstić information content (AvgIpc) is 3.00. The van der Waals surface area contributed by atoms with E-state index in [-0.39, 0.29) is 18.2 Å². The molecule has 5 nitrogen and oxygen atoms in total. The maximum atomic E-state index is 11.6. The Hall–Kier alpha value is -2.56. The summed E-state index contributed by atoms with van der Waals surface area (Å²) in [4.78, 5) is 23.1. The minimum absolute atomic E-state index is 0.0612. The third-order valence-corrected chi connectivity index (χ3v) is 2.73. The number of hydrogen-bond acceptors (Lipinski definition) is 3. The normalized spacial score (nSPS) is 10.0. The third-order valence-electron chi connectivity index (χ3n) is 2.73. The van der Waals surface area contributed by atoms with Crippen LogP contribution in [0, 0.1) is 0 Å². The highest BCUT2D eigenvalue weighted by atomic mass is 16.3. The molecule has 1 heterocycles. The number of benzene rings is 1. The number of amides is 2. The molecule has 0 saturated heterocycles. The van der Waals surface area contributed by atoms with E-state index in [4.69, 9.17) is 4.42 Å². The monoisotopic (exact) mass is 272 g/mol. The maximum absolute atomic E-state index is 11.6. The van der Waals surface area contributed by atoms with E-state index in [0.717, 1.165) is 12.0 Å². The van der Waals surface area contributed by atoms with Crippen molar-refractivity contribution in [3.8, 4) is 0 Å². The van der Waals surface area contributed by atoms with E-state index in [0.29, 0.717) is 6.54 Å². The summed E-state index contributed by atoms with van der Waals surface area (Å²) < 4.78 is 4.92. The van der Waals surface area contributed by atoms with Crippen molar-refractivity contribution in [2.24, 2.45) is 0 Å². The fraction of sp³-hybridized carbons (Fsp3) is 0.200. The van der Waals surface area contributed by atoms with Gasteiger partial charge in [-0.3, -0.25) is 9.59 Å². The van der Waals surface area contributed by atoms with E-state index in [1.54, 1.807) is 12.1 Å². The summed E-state index contributed by atoms with van der Waals surface area (Å²) in [6.45, 7) is 0.480. The van der Waals surface area contributed by atoms with Crippen LogP contribution in [0.1, 0.15) is 16.1 Å². The Morgan fingerprint density at radius 2 is 1.80 bits per heavy atom. The second-order valence-corrected chi connectivity index (χ2v) is 4.25. The second-order valence-electron chi connectivity index (χ2n) is 4.25. The standard InChI is InChI=1S/C15H16N2O3/c18-14(11-17-15(19)13-7-4-10-20-13)16-9-8-12-5-2-1-3-6-12/h1-7,10H,8-9,11H2,(H,16,18)(H,17,19). The van der Waals surface area contributed by atoms with Gasteiger partial charge in [-0.2, -0.15) is 0 Å². The third kappa shape index (κ3) is 4.28. The van der Waals surface area contributed by atoms with Crippen molar-refractivity contribution in [1.29, 1.82) is 0 Å². The topological polar surface area (TPSA) is 71.3 Å². The predicted molar refractivity (Wildman–Crippen MR) is 74.2 cm³/mol. The lowest BCUT2D eigenvalue weighted by Gasteiger charge is -2.06. The number of rotatable bonds is 6. The SMILES string of the molecule is O=C(CNC(=O)c1ccco1)NCCc1ccccc1. The molecule has 1 aromatic heterocycles. The molecule has 0 fully saturated rings. The van der Waals surface area contributed by atoms with Gasteiger partial charge in [0.25, 0.3) is 5.91 Å². The van der Waals surface area contributed by atoms with Crippen LogP contribution in [0.25, 0.3) is 0 Å². The molecule has 0 saturated carbocycles. The molecule has 0 bridgehead atoms. The van der Waals surface area contributed by atoms with Crippen LogP contribution in [0.2, 0.25) is 0 Å². The van der Waals surface area contributed by atoms with Gasteiger partial charge in [0.1, 0.15) is 0 Å². The second kappa shape index (κ2) is 7.13. The number of carbonyl (C=O) groups is 2. The van der Waals surface area contributed by atoms with E-state index < -0.39 is 5.91 Å². The Balaban J connectivity index is 1.65. The molecule has 104 valence electrons. The number of furan rings is 1. The Morgan fingerprint density at radius 1 is 1.00 bits per heavy atom. The molecule has 5 heteroatoms. The smallest absolute Gasteiger partial charge is 0.287 e. The molecule has 2 rings (SSSR count). The summed E-state index contributed by atoms with van der Waals surface area (Å²) >= 11 is 0. The summed E-state index contributed by atoms with van der Waals surface area (Å²) in [7, 11) is 0. The first kappa shape index (κ1) is 13.9. The van der Waals surface area contributed by atoms with Crippen molar-refractivity contribution < 1.29 is 14.0 Å². The zero-order chi connectivity index (χ0) is 14.2. The Kier molecular flexibility index (Phi) is 4.94. The van der Waals surface area contributed by atoms with Gasteiger partial charge in [0, 0.05) is 6.54 Å². The van der Waals surface area contributed by atoms with Gasteiger partial charge in [0.2, 0.25) is 5.91 Å². The van der Waals surface area contributed by atoms with Crippen LogP contribution in [-0.4, -0.2) is 24.9 Å². The molecule has 0 unspecified atom stereocenters.